The summed E-state index contributed by atoms with van der Waals surface area (Å²) in [6.07, 6.45) is 7.59. The highest BCUT2D eigenvalue weighted by atomic mass is 32.2. The summed E-state index contributed by atoms with van der Waals surface area (Å²) in [5.74, 6) is 0.397. The van der Waals surface area contributed by atoms with Crippen LogP contribution < -0.4 is 0 Å². The van der Waals surface area contributed by atoms with Gasteiger partial charge in [-0.1, -0.05) is 90.8 Å². The summed E-state index contributed by atoms with van der Waals surface area (Å²) in [5.41, 5.74) is -0.543. The van der Waals surface area contributed by atoms with Crippen molar-refractivity contribution in [1.29, 1.82) is 0 Å². The molecule has 6 aliphatic rings. The fraction of sp³-hybridized carbons (Fsp3) is 0.767. The number of ether oxygens (including phenoxy) is 4. The summed E-state index contributed by atoms with van der Waals surface area (Å²) in [7, 11) is -8.26. The van der Waals surface area contributed by atoms with E-state index < -0.39 is 58.3 Å². The van der Waals surface area contributed by atoms with Crippen LogP contribution in [0.3, 0.4) is 0 Å². The van der Waals surface area contributed by atoms with Gasteiger partial charge in [-0.15, -0.1) is 0 Å². The van der Waals surface area contributed by atoms with Gasteiger partial charge in [0, 0.05) is 76.3 Å². The molecule has 2 saturated heterocycles. The van der Waals surface area contributed by atoms with E-state index in [0.717, 1.165) is 36.8 Å². The number of nitrogens with zero attached hydrogens (tertiary/aromatic N) is 2. The van der Waals surface area contributed by atoms with Gasteiger partial charge in [0.05, 0.1) is 32.8 Å². The predicted octanol–water partition coefficient (Wildman–Crippen LogP) is 11.8. The first-order chi connectivity index (χ1) is 36.3. The minimum Gasteiger partial charge on any atom is -0.417 e. The molecule has 2 spiro atoms. The normalized spacial score (nSPS) is 32.2. The van der Waals surface area contributed by atoms with E-state index in [-0.39, 0.29) is 71.4 Å². The monoisotopic (exact) mass is 1160 g/mol. The fourth-order valence-corrected chi connectivity index (χ4v) is 20.6. The quantitative estimate of drug-likeness (QED) is 0.103. The van der Waals surface area contributed by atoms with Crippen LogP contribution in [0.4, 0.5) is 0 Å². The molecule has 2 heterocycles. The van der Waals surface area contributed by atoms with Crippen molar-refractivity contribution in [3.8, 4) is 0 Å². The molecule has 2 aromatic carbocycles. The van der Waals surface area contributed by atoms with Gasteiger partial charge < -0.3 is 27.8 Å². The third-order valence-corrected chi connectivity index (χ3v) is 34.3. The van der Waals surface area contributed by atoms with Gasteiger partial charge in [0.15, 0.2) is 16.6 Å². The minimum atomic E-state index is -3.75. The van der Waals surface area contributed by atoms with E-state index in [9.17, 15) is 26.4 Å². The average Bonchev–Trinajstić information content (AvgIpc) is 4.11. The third kappa shape index (κ3) is 11.1. The van der Waals surface area contributed by atoms with Crippen molar-refractivity contribution in [1.82, 2.24) is 8.61 Å². The van der Waals surface area contributed by atoms with Gasteiger partial charge >= 0.3 is 0 Å². The number of ketones is 2. The van der Waals surface area contributed by atoms with E-state index in [2.05, 4.69) is 81.6 Å². The van der Waals surface area contributed by atoms with Crippen LogP contribution in [-0.4, -0.2) is 132 Å². The van der Waals surface area contributed by atoms with E-state index in [1.54, 1.807) is 47.1 Å². The average molecular weight is 1160 g/mol. The molecule has 4 saturated carbocycles. The molecule has 78 heavy (non-hydrogen) atoms. The second-order valence-electron chi connectivity index (χ2n) is 27.3. The zero-order valence-electron chi connectivity index (χ0n) is 50.4. The largest absolute Gasteiger partial charge is 0.417 e. The van der Waals surface area contributed by atoms with Gasteiger partial charge in [-0.2, -0.15) is 8.61 Å². The van der Waals surface area contributed by atoms with Gasteiger partial charge in [0.1, 0.15) is 25.2 Å². The van der Waals surface area contributed by atoms with Crippen molar-refractivity contribution in [2.24, 2.45) is 33.5 Å². The molecular formula is C60H98N2O12S2Si2. The van der Waals surface area contributed by atoms with Gasteiger partial charge in [0.25, 0.3) is 0 Å². The predicted molar refractivity (Wildman–Crippen MR) is 311 cm³/mol. The number of Topliss-reactive ketones (excluding diaryl/α,β-unsaturated/α-hetero) is 2. The zero-order valence-corrected chi connectivity index (χ0v) is 54.1. The zero-order chi connectivity index (χ0) is 57.7. The van der Waals surface area contributed by atoms with Crippen molar-refractivity contribution in [3.05, 3.63) is 59.7 Å². The molecule has 18 heteroatoms. The Morgan fingerprint density at radius 3 is 1.18 bits per heavy atom. The lowest BCUT2D eigenvalue weighted by atomic mass is 9.49. The SMILES string of the molecule is COCO[C@@H]1CC[C@@H]2N(S(=O)(=O)c3ccc(C)cc3)C[C@H](CCO[Si](C)(C)C(C)(C)C)[C@]2(C)[C@@]12CCCC2=O.COCO[C@H]1CC[C@H]2N(S(=O)(=O)c3ccc(C)cc3)C[C@@H](CCO[Si](C)(C)C(C)(C)C)[C@@]2(C)[C@]12CCCC2=O. The Labute approximate surface area is 472 Å². The molecule has 0 aromatic heterocycles. The van der Waals surface area contributed by atoms with Crippen LogP contribution in [-0.2, 0) is 57.4 Å². The number of methoxy groups -OCH3 is 2. The van der Waals surface area contributed by atoms with Crippen LogP contribution >= 0.6 is 0 Å². The van der Waals surface area contributed by atoms with Crippen LogP contribution in [0.2, 0.25) is 36.3 Å². The lowest BCUT2D eigenvalue weighted by Crippen LogP contribution is -2.63. The molecule has 0 radical (unpaired) electrons. The Morgan fingerprint density at radius 2 is 0.897 bits per heavy atom. The Kier molecular flexibility index (Phi) is 19.1. The number of hydrogen-bond donors (Lipinski definition) is 0. The maximum Gasteiger partial charge on any atom is 0.243 e. The summed E-state index contributed by atoms with van der Waals surface area (Å²) in [5, 5.41) is 0.172. The Morgan fingerprint density at radius 1 is 0.564 bits per heavy atom. The van der Waals surface area contributed by atoms with E-state index >= 15 is 0 Å². The van der Waals surface area contributed by atoms with Crippen molar-refractivity contribution < 1.29 is 54.2 Å². The van der Waals surface area contributed by atoms with E-state index in [1.807, 2.05) is 38.1 Å². The molecule has 14 nitrogen and oxygen atoms in total. The van der Waals surface area contributed by atoms with Crippen molar-refractivity contribution in [3.63, 3.8) is 0 Å². The van der Waals surface area contributed by atoms with Crippen molar-refractivity contribution >= 4 is 48.2 Å². The van der Waals surface area contributed by atoms with Gasteiger partial charge in [-0.3, -0.25) is 9.59 Å². The summed E-state index contributed by atoms with van der Waals surface area (Å²) in [6, 6.07) is 13.7. The summed E-state index contributed by atoms with van der Waals surface area (Å²) < 4.78 is 96.3. The molecule has 0 bridgehead atoms. The number of hydrogen-bond acceptors (Lipinski definition) is 12. The number of rotatable bonds is 18. The second-order valence-corrected chi connectivity index (χ2v) is 40.7. The van der Waals surface area contributed by atoms with E-state index in [1.165, 1.54) is 0 Å². The van der Waals surface area contributed by atoms with E-state index in [0.29, 0.717) is 87.5 Å². The third-order valence-electron chi connectivity index (χ3n) is 21.4. The number of carbonyl (C=O) groups is 2. The van der Waals surface area contributed by atoms with Crippen LogP contribution in [0.1, 0.15) is 144 Å². The molecule has 440 valence electrons. The lowest BCUT2D eigenvalue weighted by Gasteiger charge is -2.57. The first kappa shape index (κ1) is 63.4. The Balaban J connectivity index is 0.000000226. The molecule has 2 aliphatic heterocycles. The highest BCUT2D eigenvalue weighted by Crippen LogP contribution is 2.68. The van der Waals surface area contributed by atoms with Gasteiger partial charge in [-0.25, -0.2) is 16.8 Å². The number of fused-ring (bicyclic) bond motifs is 4. The summed E-state index contributed by atoms with van der Waals surface area (Å²) >= 11 is 0. The fourth-order valence-electron chi connectivity index (χ4n) is 14.9. The lowest BCUT2D eigenvalue weighted by molar-refractivity contribution is -0.192. The smallest absolute Gasteiger partial charge is 0.243 e. The maximum absolute atomic E-state index is 14.2. The van der Waals surface area contributed by atoms with Crippen LogP contribution in [0.5, 0.6) is 0 Å². The molecule has 4 aliphatic carbocycles. The first-order valence-electron chi connectivity index (χ1n) is 29.0. The number of benzene rings is 2. The second kappa shape index (κ2) is 23.4. The minimum absolute atomic E-state index is 0.0245. The highest BCUT2D eigenvalue weighted by molar-refractivity contribution is 7.89. The first-order valence-corrected chi connectivity index (χ1v) is 37.7. The number of sulfonamides is 2. The van der Waals surface area contributed by atoms with Crippen molar-refractivity contribution in [2.45, 2.75) is 217 Å². The summed E-state index contributed by atoms with van der Waals surface area (Å²) in [6.45, 7) is 32.8. The van der Waals surface area contributed by atoms with Crippen molar-refractivity contribution in [2.75, 3.05) is 54.1 Å². The molecule has 0 amide bonds. The molecular weight excluding hydrogens is 1060 g/mol. The van der Waals surface area contributed by atoms with Crippen LogP contribution in [0.25, 0.3) is 0 Å². The maximum atomic E-state index is 14.2. The van der Waals surface area contributed by atoms with Gasteiger partial charge in [0.2, 0.25) is 20.0 Å². The molecule has 2 aromatic rings. The summed E-state index contributed by atoms with van der Waals surface area (Å²) in [4.78, 5) is 28.5. The molecule has 0 N–H and O–H groups in total. The Hall–Kier alpha value is -2.21. The molecule has 0 unspecified atom stereocenters. The standard InChI is InChI=1S/2C30H49NO6SSi/c2*1-22-11-13-24(14-12-22)38(33,34)31-20-23(17-19-37-39(7,8)28(2,3)4)29(5)25(31)15-16-27(36-21-35-6)30(29)18-9-10-26(30)32/h2*11-14,23,25,27H,9-10,15-21H2,1-8H3/t2*23-,25-,27+,29-,30+/m10/s1. The van der Waals surface area contributed by atoms with Crippen LogP contribution in [0, 0.1) is 47.3 Å². The topological polar surface area (TPSA) is 164 Å². The van der Waals surface area contributed by atoms with Gasteiger partial charge in [-0.05, 0) is 150 Å². The van der Waals surface area contributed by atoms with E-state index in [4.69, 9.17) is 27.8 Å². The molecule has 8 rings (SSSR count). The Bertz CT molecular complexity index is 2480. The molecule has 10 atom stereocenters. The number of carbonyl (C=O) groups excluding carboxylic acids is 2. The highest BCUT2D eigenvalue weighted by Gasteiger charge is 2.73. The number of aryl methyl sites for hydroxylation is 2. The molecule has 6 fully saturated rings. The van der Waals surface area contributed by atoms with Crippen LogP contribution in [0.15, 0.2) is 58.3 Å².